The molecule has 0 saturated heterocycles. The summed E-state index contributed by atoms with van der Waals surface area (Å²) in [5.41, 5.74) is 6.08. The summed E-state index contributed by atoms with van der Waals surface area (Å²) in [5, 5.41) is 19.4. The van der Waals surface area contributed by atoms with Crippen molar-refractivity contribution in [1.29, 1.82) is 0 Å². The van der Waals surface area contributed by atoms with Gasteiger partial charge in [0, 0.05) is 11.8 Å². The van der Waals surface area contributed by atoms with Crippen molar-refractivity contribution in [3.8, 4) is 0 Å². The van der Waals surface area contributed by atoms with Crippen molar-refractivity contribution in [2.45, 2.75) is 11.8 Å². The Morgan fingerprint density at radius 1 is 0.577 bits per heavy atom. The van der Waals surface area contributed by atoms with E-state index >= 15 is 0 Å². The number of benzene rings is 3. The van der Waals surface area contributed by atoms with Gasteiger partial charge in [0.25, 0.3) is 0 Å². The molecule has 0 radical (unpaired) electrons. The highest BCUT2D eigenvalue weighted by Crippen LogP contribution is 2.57. The molecule has 0 aromatic heterocycles. The summed E-state index contributed by atoms with van der Waals surface area (Å²) in [6, 6.07) is 18.5. The number of aromatic carboxylic acids is 2. The zero-order valence-electron chi connectivity index (χ0n) is 13.6. The summed E-state index contributed by atoms with van der Waals surface area (Å²) in [4.78, 5) is 23.7. The van der Waals surface area contributed by atoms with Crippen LogP contribution in [0.25, 0.3) is 0 Å². The second-order valence-corrected chi connectivity index (χ2v) is 6.72. The maximum absolute atomic E-state index is 11.9. The predicted molar refractivity (Wildman–Crippen MR) is 95.1 cm³/mol. The normalized spacial score (nSPS) is 18.6. The third-order valence-corrected chi connectivity index (χ3v) is 5.56. The van der Waals surface area contributed by atoms with Crippen LogP contribution in [0.1, 0.15) is 65.9 Å². The maximum atomic E-state index is 11.9. The molecule has 2 unspecified atom stereocenters. The van der Waals surface area contributed by atoms with Gasteiger partial charge in [0.2, 0.25) is 0 Å². The van der Waals surface area contributed by atoms with Gasteiger partial charge in [-0.15, -0.1) is 0 Å². The molecule has 2 bridgehead atoms. The molecule has 0 amide bonds. The molecular weight excluding hydrogens is 328 g/mol. The van der Waals surface area contributed by atoms with Gasteiger partial charge in [-0.05, 0) is 45.5 Å². The Kier molecular flexibility index (Phi) is 2.89. The van der Waals surface area contributed by atoms with Crippen LogP contribution in [0, 0.1) is 0 Å². The van der Waals surface area contributed by atoms with Crippen molar-refractivity contribution in [3.05, 3.63) is 105 Å². The lowest BCUT2D eigenvalue weighted by molar-refractivity contribution is 0.0683. The lowest BCUT2D eigenvalue weighted by atomic mass is 9.59. The minimum atomic E-state index is -0.956. The Hall–Kier alpha value is -3.40. The van der Waals surface area contributed by atoms with Gasteiger partial charge in [-0.25, -0.2) is 9.59 Å². The van der Waals surface area contributed by atoms with Gasteiger partial charge in [-0.1, -0.05) is 48.5 Å². The van der Waals surface area contributed by atoms with E-state index in [0.29, 0.717) is 11.1 Å². The van der Waals surface area contributed by atoms with Crippen molar-refractivity contribution in [2.24, 2.45) is 0 Å². The van der Waals surface area contributed by atoms with E-state index in [1.54, 1.807) is 24.3 Å². The summed E-state index contributed by atoms with van der Waals surface area (Å²) < 4.78 is 0. The van der Waals surface area contributed by atoms with Crippen molar-refractivity contribution < 1.29 is 19.8 Å². The second kappa shape index (κ2) is 5.05. The Labute approximate surface area is 149 Å². The Morgan fingerprint density at radius 2 is 0.962 bits per heavy atom. The first-order valence-electron chi connectivity index (χ1n) is 8.40. The summed E-state index contributed by atoms with van der Waals surface area (Å²) in [5.74, 6) is -2.42. The summed E-state index contributed by atoms with van der Waals surface area (Å²) >= 11 is 0. The third-order valence-electron chi connectivity index (χ3n) is 5.56. The fraction of sp³-hybridized carbons (Fsp3) is 0.0909. The topological polar surface area (TPSA) is 74.6 Å². The highest BCUT2D eigenvalue weighted by molar-refractivity contribution is 5.95. The Bertz CT molecular complexity index is 1020. The van der Waals surface area contributed by atoms with Crippen molar-refractivity contribution in [2.75, 3.05) is 0 Å². The standard InChI is InChI=1S/C22H14O4/c23-21(24)15-9-4-8-14-18-12-6-2-1-5-11(12)17(19(14)15)13-7-3-10-16(20(13)18)22(25)26/h1-10,17-18H,(H,23,24)(H,25,26). The van der Waals surface area contributed by atoms with Crippen LogP contribution in [0.5, 0.6) is 0 Å². The minimum absolute atomic E-state index is 0.257. The zero-order valence-corrected chi connectivity index (χ0v) is 13.6. The molecule has 3 aliphatic rings. The molecule has 2 atom stereocenters. The SMILES string of the molecule is O=C(O)c1cccc2c1C1c3ccccc3C2c2c(C(=O)O)cccc21. The van der Waals surface area contributed by atoms with Gasteiger partial charge in [0.05, 0.1) is 11.1 Å². The number of rotatable bonds is 2. The molecule has 3 aliphatic carbocycles. The van der Waals surface area contributed by atoms with Gasteiger partial charge in [-0.2, -0.15) is 0 Å². The molecule has 4 heteroatoms. The average molecular weight is 342 g/mol. The van der Waals surface area contributed by atoms with E-state index in [1.165, 1.54) is 0 Å². The van der Waals surface area contributed by atoms with Crippen LogP contribution < -0.4 is 0 Å². The van der Waals surface area contributed by atoms with Crippen LogP contribution in [0.4, 0.5) is 0 Å². The van der Waals surface area contributed by atoms with Crippen LogP contribution in [-0.2, 0) is 0 Å². The van der Waals surface area contributed by atoms with Gasteiger partial charge >= 0.3 is 11.9 Å². The highest BCUT2D eigenvalue weighted by Gasteiger charge is 2.44. The Morgan fingerprint density at radius 3 is 1.35 bits per heavy atom. The largest absolute Gasteiger partial charge is 0.478 e. The van der Waals surface area contributed by atoms with Crippen LogP contribution in [0.2, 0.25) is 0 Å². The molecular formula is C22H14O4. The van der Waals surface area contributed by atoms with Crippen molar-refractivity contribution >= 4 is 11.9 Å². The summed E-state index contributed by atoms with van der Waals surface area (Å²) in [6.07, 6.45) is 0. The van der Waals surface area contributed by atoms with E-state index in [2.05, 4.69) is 0 Å². The van der Waals surface area contributed by atoms with Crippen LogP contribution in [-0.4, -0.2) is 22.2 Å². The monoisotopic (exact) mass is 342 g/mol. The Balaban J connectivity index is 1.93. The molecule has 0 saturated carbocycles. The highest BCUT2D eigenvalue weighted by atomic mass is 16.4. The number of hydrogen-bond acceptors (Lipinski definition) is 2. The number of carboxylic acids is 2. The number of hydrogen-bond donors (Lipinski definition) is 2. The zero-order chi connectivity index (χ0) is 18.0. The fourth-order valence-electron chi connectivity index (χ4n) is 4.68. The summed E-state index contributed by atoms with van der Waals surface area (Å²) in [6.45, 7) is 0. The van der Waals surface area contributed by atoms with Gasteiger partial charge in [0.1, 0.15) is 0 Å². The van der Waals surface area contributed by atoms with Crippen LogP contribution in [0.15, 0.2) is 60.7 Å². The lowest BCUT2D eigenvalue weighted by Crippen LogP contribution is -2.31. The first-order valence-corrected chi connectivity index (χ1v) is 8.40. The summed E-state index contributed by atoms with van der Waals surface area (Å²) in [7, 11) is 0. The fourth-order valence-corrected chi connectivity index (χ4v) is 4.68. The molecule has 4 nitrogen and oxygen atoms in total. The van der Waals surface area contributed by atoms with Crippen LogP contribution >= 0.6 is 0 Å². The van der Waals surface area contributed by atoms with Crippen molar-refractivity contribution in [3.63, 3.8) is 0 Å². The second-order valence-electron chi connectivity index (χ2n) is 6.72. The third kappa shape index (κ3) is 1.73. The molecule has 126 valence electrons. The van der Waals surface area contributed by atoms with Gasteiger partial charge in [-0.3, -0.25) is 0 Å². The lowest BCUT2D eigenvalue weighted by Gasteiger charge is -2.43. The van der Waals surface area contributed by atoms with Crippen LogP contribution in [0.3, 0.4) is 0 Å². The molecule has 0 aliphatic heterocycles. The molecule has 6 rings (SSSR count). The average Bonchev–Trinajstić information content (AvgIpc) is 2.66. The molecule has 0 fully saturated rings. The van der Waals surface area contributed by atoms with Gasteiger partial charge in [0.15, 0.2) is 0 Å². The van der Waals surface area contributed by atoms with Crippen molar-refractivity contribution in [1.82, 2.24) is 0 Å². The van der Waals surface area contributed by atoms with E-state index in [0.717, 1.165) is 33.4 Å². The number of carboxylic acid groups (broad SMARTS) is 2. The first-order chi connectivity index (χ1) is 12.6. The molecule has 3 aromatic carbocycles. The van der Waals surface area contributed by atoms with E-state index in [9.17, 15) is 19.8 Å². The van der Waals surface area contributed by atoms with E-state index in [4.69, 9.17) is 0 Å². The first kappa shape index (κ1) is 14.9. The van der Waals surface area contributed by atoms with E-state index in [-0.39, 0.29) is 11.8 Å². The quantitative estimate of drug-likeness (QED) is 0.507. The van der Waals surface area contributed by atoms with E-state index in [1.807, 2.05) is 36.4 Å². The minimum Gasteiger partial charge on any atom is -0.478 e. The molecule has 2 N–H and O–H groups in total. The molecule has 0 heterocycles. The molecule has 3 aromatic rings. The molecule has 0 spiro atoms. The van der Waals surface area contributed by atoms with Gasteiger partial charge < -0.3 is 10.2 Å². The molecule has 26 heavy (non-hydrogen) atoms. The van der Waals surface area contributed by atoms with E-state index < -0.39 is 11.9 Å². The maximum Gasteiger partial charge on any atom is 0.336 e. The number of carbonyl (C=O) groups is 2. The smallest absolute Gasteiger partial charge is 0.336 e. The predicted octanol–water partition coefficient (Wildman–Crippen LogP) is 4.07.